The van der Waals surface area contributed by atoms with E-state index in [1.807, 2.05) is 6.92 Å². The molecule has 0 radical (unpaired) electrons. The van der Waals surface area contributed by atoms with Gasteiger partial charge in [0.15, 0.2) is 6.29 Å². The highest BCUT2D eigenvalue weighted by molar-refractivity contribution is 6.42. The fourth-order valence-corrected chi connectivity index (χ4v) is 5.81. The quantitative estimate of drug-likeness (QED) is 0.458. The molecule has 2 aliphatic rings. The Kier molecular flexibility index (Phi) is 7.16. The third-order valence-corrected chi connectivity index (χ3v) is 8.37. The molecule has 3 heterocycles. The molecule has 190 valence electrons. The first-order valence-corrected chi connectivity index (χ1v) is 12.8. The number of rotatable bonds is 6. The van der Waals surface area contributed by atoms with Crippen LogP contribution in [0, 0.1) is 11.7 Å². The minimum atomic E-state index is -0.979. The summed E-state index contributed by atoms with van der Waals surface area (Å²) >= 11 is 12.3. The summed E-state index contributed by atoms with van der Waals surface area (Å²) in [6.07, 6.45) is 3.25. The average Bonchev–Trinajstić information content (AvgIpc) is 3.35. The first kappa shape index (κ1) is 25.3. The monoisotopic (exact) mass is 531 g/mol. The molecule has 36 heavy (non-hydrogen) atoms. The van der Waals surface area contributed by atoms with Gasteiger partial charge in [0.25, 0.3) is 0 Å². The van der Waals surface area contributed by atoms with Crippen LogP contribution in [0.5, 0.6) is 0 Å². The van der Waals surface area contributed by atoms with Crippen LogP contribution in [0.2, 0.25) is 10.0 Å². The van der Waals surface area contributed by atoms with Gasteiger partial charge in [-0.2, -0.15) is 0 Å². The number of nitrogens with zero attached hydrogens (tertiary/aromatic N) is 4. The minimum Gasteiger partial charge on any atom is -0.385 e. The first-order valence-electron chi connectivity index (χ1n) is 12.1. The number of hydrogen-bond donors (Lipinski definition) is 2. The Hall–Kier alpha value is -2.36. The topological polar surface area (TPSA) is 81.6 Å². The summed E-state index contributed by atoms with van der Waals surface area (Å²) in [4.78, 5) is 25.2. The van der Waals surface area contributed by atoms with Crippen molar-refractivity contribution in [1.82, 2.24) is 19.8 Å². The van der Waals surface area contributed by atoms with Crippen LogP contribution in [-0.2, 0) is 10.4 Å². The lowest BCUT2D eigenvalue weighted by Gasteiger charge is -2.45. The smallest absolute Gasteiger partial charge is 0.157 e. The second kappa shape index (κ2) is 10.2. The fraction of sp³-hybridized carbons (Fsp3) is 0.423. The van der Waals surface area contributed by atoms with Gasteiger partial charge in [0.2, 0.25) is 0 Å². The first-order chi connectivity index (χ1) is 17.3. The third kappa shape index (κ3) is 4.80. The van der Waals surface area contributed by atoms with Gasteiger partial charge in [0.1, 0.15) is 24.1 Å². The van der Waals surface area contributed by atoms with E-state index in [9.17, 15) is 14.3 Å². The third-order valence-electron chi connectivity index (χ3n) is 7.64. The summed E-state index contributed by atoms with van der Waals surface area (Å²) in [6.45, 7) is 4.96. The molecule has 2 aromatic carbocycles. The number of aldehydes is 1. The molecule has 7 nitrogen and oxygen atoms in total. The van der Waals surface area contributed by atoms with Crippen LogP contribution in [0.25, 0.3) is 10.9 Å². The number of fused-ring (bicyclic) bond motifs is 1. The molecular weight excluding hydrogens is 504 g/mol. The van der Waals surface area contributed by atoms with Crippen molar-refractivity contribution in [2.24, 2.45) is 5.92 Å². The Balaban J connectivity index is 1.25. The molecule has 0 aliphatic carbocycles. The zero-order valence-electron chi connectivity index (χ0n) is 19.9. The number of nitrogens with one attached hydrogen (secondary N) is 1. The van der Waals surface area contributed by atoms with Crippen LogP contribution in [0.3, 0.4) is 0 Å². The maximum absolute atomic E-state index is 13.4. The van der Waals surface area contributed by atoms with Crippen LogP contribution < -0.4 is 5.32 Å². The van der Waals surface area contributed by atoms with E-state index in [-0.39, 0.29) is 17.8 Å². The van der Waals surface area contributed by atoms with Crippen molar-refractivity contribution in [3.8, 4) is 0 Å². The molecule has 10 heteroatoms. The summed E-state index contributed by atoms with van der Waals surface area (Å²) in [6, 6.07) is 9.80. The molecule has 3 aromatic rings. The number of piperidine rings is 1. The molecular formula is C26H28Cl2FN5O2. The standard InChI is InChI=1S/C26H28Cl2FN5O2/c1-16-12-33(9-7-26(16,36)17-2-4-18(29)5-3-17)19-6-8-34(13-19)24(14-35)32-25-20-10-21(27)22(28)11-23(20)30-15-31-25/h2-5,10-11,14-16,19,24,36H,6-9,12-13H2,1H3,(H,30,31,32). The highest BCUT2D eigenvalue weighted by Crippen LogP contribution is 2.39. The highest BCUT2D eigenvalue weighted by Gasteiger charge is 2.43. The van der Waals surface area contributed by atoms with Gasteiger partial charge in [-0.15, -0.1) is 0 Å². The number of carbonyl (C=O) groups excluding carboxylic acids is 1. The second-order valence-corrected chi connectivity index (χ2v) is 10.6. The molecule has 5 rings (SSSR count). The van der Waals surface area contributed by atoms with E-state index < -0.39 is 11.8 Å². The van der Waals surface area contributed by atoms with Gasteiger partial charge >= 0.3 is 0 Å². The SMILES string of the molecule is CC1CN(C2CCN(C(C=O)Nc3ncnc4cc(Cl)c(Cl)cc34)C2)CCC1(O)c1ccc(F)cc1. The molecule has 2 N–H and O–H groups in total. The van der Waals surface area contributed by atoms with Crippen LogP contribution in [0.4, 0.5) is 10.2 Å². The van der Waals surface area contributed by atoms with E-state index in [2.05, 4.69) is 25.1 Å². The zero-order valence-corrected chi connectivity index (χ0v) is 21.4. The molecule has 1 aromatic heterocycles. The Morgan fingerprint density at radius 2 is 1.92 bits per heavy atom. The maximum Gasteiger partial charge on any atom is 0.157 e. The Morgan fingerprint density at radius 3 is 2.64 bits per heavy atom. The molecule has 4 unspecified atom stereocenters. The summed E-state index contributed by atoms with van der Waals surface area (Å²) in [5.41, 5.74) is 0.419. The molecule has 0 amide bonds. The number of benzene rings is 2. The number of aromatic nitrogens is 2. The lowest BCUT2D eigenvalue weighted by atomic mass is 9.76. The molecule has 0 bridgehead atoms. The number of carbonyl (C=O) groups is 1. The van der Waals surface area contributed by atoms with E-state index in [0.29, 0.717) is 39.7 Å². The summed E-state index contributed by atoms with van der Waals surface area (Å²) < 4.78 is 13.4. The van der Waals surface area contributed by atoms with Gasteiger partial charge in [-0.25, -0.2) is 14.4 Å². The Labute approximate surface area is 219 Å². The predicted molar refractivity (Wildman–Crippen MR) is 139 cm³/mol. The van der Waals surface area contributed by atoms with Crippen molar-refractivity contribution < 1.29 is 14.3 Å². The van der Waals surface area contributed by atoms with Crippen molar-refractivity contribution >= 4 is 46.2 Å². The van der Waals surface area contributed by atoms with E-state index in [1.54, 1.807) is 24.3 Å². The van der Waals surface area contributed by atoms with Gasteiger partial charge in [-0.1, -0.05) is 42.3 Å². The van der Waals surface area contributed by atoms with Crippen molar-refractivity contribution in [2.45, 2.75) is 37.6 Å². The second-order valence-electron chi connectivity index (χ2n) is 9.75. The minimum absolute atomic E-state index is 0.0188. The normalized spacial score (nSPS) is 26.2. The van der Waals surface area contributed by atoms with Crippen molar-refractivity contribution in [3.05, 3.63) is 64.2 Å². The highest BCUT2D eigenvalue weighted by atomic mass is 35.5. The van der Waals surface area contributed by atoms with E-state index in [1.165, 1.54) is 18.5 Å². The molecule has 2 fully saturated rings. The number of hydrogen-bond acceptors (Lipinski definition) is 7. The van der Waals surface area contributed by atoms with Crippen LogP contribution in [0.1, 0.15) is 25.3 Å². The van der Waals surface area contributed by atoms with Crippen molar-refractivity contribution in [1.29, 1.82) is 0 Å². The lowest BCUT2D eigenvalue weighted by molar-refractivity contribution is -0.111. The molecule has 4 atom stereocenters. The van der Waals surface area contributed by atoms with Crippen molar-refractivity contribution in [3.63, 3.8) is 0 Å². The molecule has 2 aliphatic heterocycles. The lowest BCUT2D eigenvalue weighted by Crippen LogP contribution is -2.53. The van der Waals surface area contributed by atoms with Crippen LogP contribution >= 0.6 is 23.2 Å². The molecule has 2 saturated heterocycles. The largest absolute Gasteiger partial charge is 0.385 e. The number of aliphatic hydroxyl groups is 1. The van der Waals surface area contributed by atoms with Crippen LogP contribution in [0.15, 0.2) is 42.7 Å². The van der Waals surface area contributed by atoms with Crippen molar-refractivity contribution in [2.75, 3.05) is 31.5 Å². The summed E-state index contributed by atoms with van der Waals surface area (Å²) in [5.74, 6) is 0.198. The predicted octanol–water partition coefficient (Wildman–Crippen LogP) is 4.32. The zero-order chi connectivity index (χ0) is 25.4. The fourth-order valence-electron chi connectivity index (χ4n) is 5.49. The van der Waals surface area contributed by atoms with Gasteiger partial charge in [0.05, 0.1) is 21.2 Å². The Morgan fingerprint density at radius 1 is 1.17 bits per heavy atom. The Bertz CT molecular complexity index is 1260. The van der Waals surface area contributed by atoms with Crippen LogP contribution in [-0.4, -0.2) is 69.5 Å². The van der Waals surface area contributed by atoms with Gasteiger partial charge < -0.3 is 10.4 Å². The number of anilines is 1. The van der Waals surface area contributed by atoms with Gasteiger partial charge in [-0.05, 0) is 42.7 Å². The number of likely N-dealkylation sites (tertiary alicyclic amines) is 2. The summed E-state index contributed by atoms with van der Waals surface area (Å²) in [7, 11) is 0. The maximum atomic E-state index is 13.4. The van der Waals surface area contributed by atoms with E-state index in [4.69, 9.17) is 23.2 Å². The molecule has 0 spiro atoms. The van der Waals surface area contributed by atoms with Gasteiger partial charge in [-0.3, -0.25) is 14.6 Å². The van der Waals surface area contributed by atoms with Gasteiger partial charge in [0, 0.05) is 43.5 Å². The summed E-state index contributed by atoms with van der Waals surface area (Å²) in [5, 5.41) is 16.1. The van der Waals surface area contributed by atoms with E-state index in [0.717, 1.165) is 37.9 Å². The average molecular weight is 532 g/mol. The van der Waals surface area contributed by atoms with E-state index >= 15 is 0 Å². The number of halogens is 3. The molecule has 0 saturated carbocycles.